The summed E-state index contributed by atoms with van der Waals surface area (Å²) < 4.78 is 0. The molecule has 0 aromatic rings. The van der Waals surface area contributed by atoms with Crippen LogP contribution in [0.1, 0.15) is 64.7 Å². The van der Waals surface area contributed by atoms with Crippen molar-refractivity contribution in [3.63, 3.8) is 0 Å². The van der Waals surface area contributed by atoms with Gasteiger partial charge in [-0.15, -0.1) is 0 Å². The van der Waals surface area contributed by atoms with Gasteiger partial charge in [-0.25, -0.2) is 4.79 Å². The molecule has 0 fully saturated rings. The van der Waals surface area contributed by atoms with Crippen molar-refractivity contribution in [2.45, 2.75) is 70.8 Å². The average Bonchev–Trinajstić information content (AvgIpc) is 2.36. The molecule has 0 aliphatic heterocycles. The van der Waals surface area contributed by atoms with Gasteiger partial charge in [0.15, 0.2) is 0 Å². The van der Waals surface area contributed by atoms with Gasteiger partial charge in [-0.1, -0.05) is 45.4 Å². The molecule has 0 spiro atoms. The number of hydrogen-bond donors (Lipinski definition) is 3. The zero-order chi connectivity index (χ0) is 15.4. The molecule has 6 heteroatoms. The third-order valence-corrected chi connectivity index (χ3v) is 3.02. The van der Waals surface area contributed by atoms with Gasteiger partial charge in [0.1, 0.15) is 6.04 Å². The topological polar surface area (TPSA) is 104 Å². The third kappa shape index (κ3) is 10.3. The first-order valence-corrected chi connectivity index (χ1v) is 7.21. The molecule has 0 aliphatic carbocycles. The minimum absolute atomic E-state index is 0.247. The molecule has 0 aliphatic rings. The lowest BCUT2D eigenvalue weighted by Crippen LogP contribution is -2.42. The Morgan fingerprint density at radius 1 is 0.950 bits per heavy atom. The van der Waals surface area contributed by atoms with Crippen molar-refractivity contribution in [3.8, 4) is 0 Å². The summed E-state index contributed by atoms with van der Waals surface area (Å²) in [6.45, 7) is 2.15. The maximum atomic E-state index is 11.5. The highest BCUT2D eigenvalue weighted by Gasteiger charge is 2.22. The number of hydrogen-bond acceptors (Lipinski definition) is 3. The normalized spacial score (nSPS) is 11.8. The van der Waals surface area contributed by atoms with Crippen LogP contribution in [-0.2, 0) is 14.4 Å². The molecule has 0 saturated carbocycles. The number of aliphatic carboxylic acids is 2. The molecule has 0 radical (unpaired) electrons. The molecule has 0 bridgehead atoms. The van der Waals surface area contributed by atoms with Gasteiger partial charge >= 0.3 is 11.9 Å². The standard InChI is InChI=1S/C14H25NO5/c1-2-3-4-5-6-7-8-9-12(16)15-11(14(19)20)10-13(17)18/h11H,2-10H2,1H3,(H,15,16)(H,17,18)(H,19,20)/t11-/m1/s1. The predicted octanol–water partition coefficient (Wildman–Crippen LogP) is 2.17. The van der Waals surface area contributed by atoms with Crippen LogP contribution in [0.15, 0.2) is 0 Å². The van der Waals surface area contributed by atoms with Crippen LogP contribution in [0.4, 0.5) is 0 Å². The summed E-state index contributed by atoms with van der Waals surface area (Å²) in [6, 6.07) is -1.34. The van der Waals surface area contributed by atoms with Gasteiger partial charge in [-0.3, -0.25) is 9.59 Å². The van der Waals surface area contributed by atoms with Gasteiger partial charge in [-0.05, 0) is 6.42 Å². The van der Waals surface area contributed by atoms with E-state index in [1.165, 1.54) is 19.3 Å². The molecule has 0 saturated heterocycles. The largest absolute Gasteiger partial charge is 0.481 e. The lowest BCUT2D eigenvalue weighted by molar-refractivity contribution is -0.147. The number of unbranched alkanes of at least 4 members (excludes halogenated alkanes) is 6. The highest BCUT2D eigenvalue weighted by atomic mass is 16.4. The summed E-state index contributed by atoms with van der Waals surface area (Å²) >= 11 is 0. The average molecular weight is 287 g/mol. The Morgan fingerprint density at radius 2 is 1.50 bits per heavy atom. The van der Waals surface area contributed by atoms with E-state index in [0.29, 0.717) is 6.42 Å². The van der Waals surface area contributed by atoms with Gasteiger partial charge < -0.3 is 15.5 Å². The van der Waals surface area contributed by atoms with Crippen molar-refractivity contribution < 1.29 is 24.6 Å². The van der Waals surface area contributed by atoms with Crippen molar-refractivity contribution in [2.75, 3.05) is 0 Å². The minimum Gasteiger partial charge on any atom is -0.481 e. The number of nitrogens with one attached hydrogen (secondary N) is 1. The second-order valence-corrected chi connectivity index (χ2v) is 4.93. The number of carbonyl (C=O) groups is 3. The van der Waals surface area contributed by atoms with Crippen LogP contribution in [0.25, 0.3) is 0 Å². The van der Waals surface area contributed by atoms with Crippen molar-refractivity contribution in [1.29, 1.82) is 0 Å². The molecule has 116 valence electrons. The molecule has 0 heterocycles. The van der Waals surface area contributed by atoms with Crippen LogP contribution in [0.5, 0.6) is 0 Å². The molecule has 20 heavy (non-hydrogen) atoms. The third-order valence-electron chi connectivity index (χ3n) is 3.02. The Balaban J connectivity index is 3.75. The second-order valence-electron chi connectivity index (χ2n) is 4.93. The summed E-state index contributed by atoms with van der Waals surface area (Å²) in [5.74, 6) is -2.96. The Kier molecular flexibility index (Phi) is 10.4. The molecular weight excluding hydrogens is 262 g/mol. The van der Waals surface area contributed by atoms with E-state index < -0.39 is 30.3 Å². The molecular formula is C14H25NO5. The monoisotopic (exact) mass is 287 g/mol. The first kappa shape index (κ1) is 18.4. The quantitative estimate of drug-likeness (QED) is 0.477. The lowest BCUT2D eigenvalue weighted by Gasteiger charge is -2.12. The predicted molar refractivity (Wildman–Crippen MR) is 74.4 cm³/mol. The maximum absolute atomic E-state index is 11.5. The van der Waals surface area contributed by atoms with Gasteiger partial charge in [0, 0.05) is 6.42 Å². The van der Waals surface area contributed by atoms with E-state index in [9.17, 15) is 14.4 Å². The Morgan fingerprint density at radius 3 is 2.00 bits per heavy atom. The zero-order valence-corrected chi connectivity index (χ0v) is 12.1. The molecule has 0 unspecified atom stereocenters. The fraction of sp³-hybridized carbons (Fsp3) is 0.786. The van der Waals surface area contributed by atoms with Crippen molar-refractivity contribution >= 4 is 17.8 Å². The molecule has 3 N–H and O–H groups in total. The fourth-order valence-corrected chi connectivity index (χ4v) is 1.88. The first-order valence-electron chi connectivity index (χ1n) is 7.21. The second kappa shape index (κ2) is 11.3. The van der Waals surface area contributed by atoms with Gasteiger partial charge in [0.25, 0.3) is 0 Å². The summed E-state index contributed by atoms with van der Waals surface area (Å²) in [4.78, 5) is 32.7. The Labute approximate surface area is 119 Å². The van der Waals surface area contributed by atoms with Crippen LogP contribution in [0.3, 0.4) is 0 Å². The fourth-order valence-electron chi connectivity index (χ4n) is 1.88. The van der Waals surface area contributed by atoms with Crippen LogP contribution < -0.4 is 5.32 Å². The Bertz CT molecular complexity index is 317. The smallest absolute Gasteiger partial charge is 0.326 e. The van der Waals surface area contributed by atoms with Gasteiger partial charge in [-0.2, -0.15) is 0 Å². The van der Waals surface area contributed by atoms with E-state index >= 15 is 0 Å². The van der Waals surface area contributed by atoms with E-state index in [1.807, 2.05) is 0 Å². The minimum atomic E-state index is -1.34. The van der Waals surface area contributed by atoms with Gasteiger partial charge in [0.05, 0.1) is 6.42 Å². The molecule has 1 atom stereocenters. The highest BCUT2D eigenvalue weighted by Crippen LogP contribution is 2.08. The van der Waals surface area contributed by atoms with E-state index in [0.717, 1.165) is 19.3 Å². The van der Waals surface area contributed by atoms with Crippen LogP contribution >= 0.6 is 0 Å². The number of carboxylic acids is 2. The van der Waals surface area contributed by atoms with Crippen molar-refractivity contribution in [3.05, 3.63) is 0 Å². The molecule has 6 nitrogen and oxygen atoms in total. The number of rotatable bonds is 12. The molecule has 0 rings (SSSR count). The Hall–Kier alpha value is -1.59. The molecule has 0 aromatic carbocycles. The first-order chi connectivity index (χ1) is 9.47. The molecule has 1 amide bonds. The van der Waals surface area contributed by atoms with Crippen molar-refractivity contribution in [1.82, 2.24) is 5.32 Å². The van der Waals surface area contributed by atoms with Crippen molar-refractivity contribution in [2.24, 2.45) is 0 Å². The van der Waals surface area contributed by atoms with E-state index in [1.54, 1.807) is 0 Å². The maximum Gasteiger partial charge on any atom is 0.326 e. The number of amides is 1. The number of carbonyl (C=O) groups excluding carboxylic acids is 1. The van der Waals surface area contributed by atoms with E-state index in [-0.39, 0.29) is 6.42 Å². The SMILES string of the molecule is CCCCCCCCCC(=O)N[C@H](CC(=O)O)C(=O)O. The lowest BCUT2D eigenvalue weighted by atomic mass is 10.1. The summed E-state index contributed by atoms with van der Waals surface area (Å²) in [5.41, 5.74) is 0. The van der Waals surface area contributed by atoms with Crippen LogP contribution in [0.2, 0.25) is 0 Å². The van der Waals surface area contributed by atoms with Crippen LogP contribution in [-0.4, -0.2) is 34.1 Å². The summed E-state index contributed by atoms with van der Waals surface area (Å²) in [5, 5.41) is 19.6. The summed E-state index contributed by atoms with van der Waals surface area (Å²) in [6.07, 6.45) is 7.17. The van der Waals surface area contributed by atoms with Crippen LogP contribution in [0, 0.1) is 0 Å². The van der Waals surface area contributed by atoms with Gasteiger partial charge in [0.2, 0.25) is 5.91 Å². The zero-order valence-electron chi connectivity index (χ0n) is 12.1. The number of carboxylic acid groups (broad SMARTS) is 2. The van der Waals surface area contributed by atoms with E-state index in [4.69, 9.17) is 10.2 Å². The van der Waals surface area contributed by atoms with E-state index in [2.05, 4.69) is 12.2 Å². The highest BCUT2D eigenvalue weighted by molar-refractivity contribution is 5.86. The summed E-state index contributed by atoms with van der Waals surface area (Å²) in [7, 11) is 0. The molecule has 0 aromatic heterocycles.